The molecule has 0 saturated heterocycles. The zero-order valence-corrected chi connectivity index (χ0v) is 19.1. The Balaban J connectivity index is 2.97. The van der Waals surface area contributed by atoms with Crippen LogP contribution in [-0.4, -0.2) is 47.7 Å². The van der Waals surface area contributed by atoms with Gasteiger partial charge in [0.25, 0.3) is 0 Å². The zero-order chi connectivity index (χ0) is 24.1. The molecular formula is C23H33NO8. The van der Waals surface area contributed by atoms with Crippen molar-refractivity contribution in [3.05, 3.63) is 23.8 Å². The number of carboxylic acid groups (broad SMARTS) is 1. The van der Waals surface area contributed by atoms with Gasteiger partial charge in [0, 0.05) is 25.8 Å². The molecule has 0 aliphatic carbocycles. The van der Waals surface area contributed by atoms with Crippen LogP contribution in [0.25, 0.3) is 0 Å². The molecule has 32 heavy (non-hydrogen) atoms. The van der Waals surface area contributed by atoms with Gasteiger partial charge in [0.2, 0.25) is 0 Å². The highest BCUT2D eigenvalue weighted by Gasteiger charge is 2.21. The van der Waals surface area contributed by atoms with Gasteiger partial charge >= 0.3 is 23.9 Å². The third kappa shape index (κ3) is 9.91. The monoisotopic (exact) mass is 451 g/mol. The summed E-state index contributed by atoms with van der Waals surface area (Å²) in [5.74, 6) is -2.19. The smallest absolute Gasteiger partial charge is 0.321 e. The molecule has 2 N–H and O–H groups in total. The molecule has 9 heteroatoms. The molecule has 9 nitrogen and oxygen atoms in total. The average Bonchev–Trinajstić information content (AvgIpc) is 2.72. The SMILES string of the molecule is CCCC(=O)Oc1ccc(C[C@H](NCC(C)OC(=O)CC)C(=O)O)cc1OC(=O)CCC. The standard InChI is InChI=1S/C23H33NO8/c1-5-8-21(26)31-18-11-10-16(13-19(18)32-22(27)9-6-2)12-17(23(28)29)24-14-15(4)30-20(25)7-3/h10-11,13,15,17,24H,5-9,12,14H2,1-4H3,(H,28,29)/t15?,17-/m0/s1. The molecule has 0 aliphatic rings. The lowest BCUT2D eigenvalue weighted by molar-refractivity contribution is -0.147. The van der Waals surface area contributed by atoms with Gasteiger partial charge in [0.05, 0.1) is 0 Å². The lowest BCUT2D eigenvalue weighted by Crippen LogP contribution is -2.42. The van der Waals surface area contributed by atoms with Crippen molar-refractivity contribution in [1.29, 1.82) is 0 Å². The van der Waals surface area contributed by atoms with Gasteiger partial charge in [-0.05, 0) is 43.9 Å². The Labute approximate surface area is 188 Å². The molecule has 2 atom stereocenters. The van der Waals surface area contributed by atoms with E-state index < -0.39 is 30.1 Å². The molecule has 0 saturated carbocycles. The van der Waals surface area contributed by atoms with Crippen LogP contribution >= 0.6 is 0 Å². The van der Waals surface area contributed by atoms with Crippen LogP contribution in [0, 0.1) is 0 Å². The van der Waals surface area contributed by atoms with Gasteiger partial charge in [-0.1, -0.05) is 26.8 Å². The fourth-order valence-electron chi connectivity index (χ4n) is 2.74. The van der Waals surface area contributed by atoms with E-state index in [1.54, 1.807) is 19.9 Å². The molecular weight excluding hydrogens is 418 g/mol. The fraction of sp³-hybridized carbons (Fsp3) is 0.565. The third-order valence-corrected chi connectivity index (χ3v) is 4.37. The number of hydrogen-bond acceptors (Lipinski definition) is 8. The Morgan fingerprint density at radius 2 is 1.53 bits per heavy atom. The molecule has 0 aromatic heterocycles. The molecule has 1 unspecified atom stereocenters. The van der Waals surface area contributed by atoms with Crippen LogP contribution in [0.2, 0.25) is 0 Å². The first-order valence-electron chi connectivity index (χ1n) is 10.9. The third-order valence-electron chi connectivity index (χ3n) is 4.37. The van der Waals surface area contributed by atoms with Crippen molar-refractivity contribution in [3.63, 3.8) is 0 Å². The largest absolute Gasteiger partial charge is 0.480 e. The van der Waals surface area contributed by atoms with Gasteiger partial charge in [-0.15, -0.1) is 0 Å². The van der Waals surface area contributed by atoms with E-state index in [1.807, 2.05) is 13.8 Å². The van der Waals surface area contributed by atoms with Crippen LogP contribution in [0.5, 0.6) is 11.5 Å². The molecule has 0 bridgehead atoms. The highest BCUT2D eigenvalue weighted by atomic mass is 16.6. The van der Waals surface area contributed by atoms with E-state index in [4.69, 9.17) is 14.2 Å². The minimum Gasteiger partial charge on any atom is -0.480 e. The van der Waals surface area contributed by atoms with Crippen LogP contribution in [-0.2, 0) is 30.3 Å². The predicted molar refractivity (Wildman–Crippen MR) is 117 cm³/mol. The Morgan fingerprint density at radius 1 is 0.938 bits per heavy atom. The number of benzene rings is 1. The number of ether oxygens (including phenoxy) is 3. The van der Waals surface area contributed by atoms with Crippen molar-refractivity contribution < 1.29 is 38.5 Å². The van der Waals surface area contributed by atoms with Crippen molar-refractivity contribution in [2.75, 3.05) is 6.54 Å². The van der Waals surface area contributed by atoms with Crippen molar-refractivity contribution in [2.24, 2.45) is 0 Å². The Morgan fingerprint density at radius 3 is 2.06 bits per heavy atom. The number of hydrogen-bond donors (Lipinski definition) is 2. The number of esters is 3. The van der Waals surface area contributed by atoms with Crippen molar-refractivity contribution in [1.82, 2.24) is 5.32 Å². The number of carbonyl (C=O) groups excluding carboxylic acids is 3. The first kappa shape index (κ1) is 27.1. The molecule has 0 fully saturated rings. The number of carbonyl (C=O) groups is 4. The topological polar surface area (TPSA) is 128 Å². The van der Waals surface area contributed by atoms with E-state index in [9.17, 15) is 24.3 Å². The van der Waals surface area contributed by atoms with E-state index in [2.05, 4.69) is 5.32 Å². The van der Waals surface area contributed by atoms with Crippen LogP contribution in [0.1, 0.15) is 65.4 Å². The second-order valence-corrected chi connectivity index (χ2v) is 7.39. The average molecular weight is 452 g/mol. The first-order valence-corrected chi connectivity index (χ1v) is 10.9. The van der Waals surface area contributed by atoms with Crippen LogP contribution in [0.3, 0.4) is 0 Å². The summed E-state index contributed by atoms with van der Waals surface area (Å²) in [5, 5.41) is 12.4. The summed E-state index contributed by atoms with van der Waals surface area (Å²) in [4.78, 5) is 47.0. The van der Waals surface area contributed by atoms with Gasteiger partial charge in [-0.2, -0.15) is 0 Å². The molecule has 1 aromatic carbocycles. The summed E-state index contributed by atoms with van der Waals surface area (Å²) >= 11 is 0. The van der Waals surface area contributed by atoms with Crippen LogP contribution in [0.4, 0.5) is 0 Å². The Hall–Kier alpha value is -2.94. The molecule has 0 spiro atoms. The minimum atomic E-state index is -1.08. The summed E-state index contributed by atoms with van der Waals surface area (Å²) < 4.78 is 15.8. The van der Waals surface area contributed by atoms with Crippen LogP contribution in [0.15, 0.2) is 18.2 Å². The molecule has 0 heterocycles. The van der Waals surface area contributed by atoms with Crippen LogP contribution < -0.4 is 14.8 Å². The quantitative estimate of drug-likeness (QED) is 0.324. The maximum absolute atomic E-state index is 12.0. The van der Waals surface area contributed by atoms with Gasteiger partial charge < -0.3 is 24.6 Å². The minimum absolute atomic E-state index is 0.0692. The van der Waals surface area contributed by atoms with E-state index in [-0.39, 0.29) is 49.7 Å². The van der Waals surface area contributed by atoms with Crippen molar-refractivity contribution >= 4 is 23.9 Å². The summed E-state index contributed by atoms with van der Waals surface area (Å²) in [5.41, 5.74) is 0.567. The Bertz CT molecular complexity index is 792. The maximum atomic E-state index is 12.0. The molecule has 0 radical (unpaired) electrons. The van der Waals surface area contributed by atoms with E-state index in [0.29, 0.717) is 18.4 Å². The molecule has 0 aliphatic heterocycles. The second-order valence-electron chi connectivity index (χ2n) is 7.39. The number of aliphatic carboxylic acids is 1. The fourth-order valence-corrected chi connectivity index (χ4v) is 2.74. The molecule has 178 valence electrons. The normalized spacial score (nSPS) is 12.5. The van der Waals surface area contributed by atoms with E-state index in [0.717, 1.165) is 0 Å². The van der Waals surface area contributed by atoms with Gasteiger partial charge in [0.1, 0.15) is 12.1 Å². The van der Waals surface area contributed by atoms with Crippen molar-refractivity contribution in [3.8, 4) is 11.5 Å². The summed E-state index contributed by atoms with van der Waals surface area (Å²) in [6.07, 6.45) is 1.44. The summed E-state index contributed by atoms with van der Waals surface area (Å²) in [6.45, 7) is 7.19. The second kappa shape index (κ2) is 14.2. The van der Waals surface area contributed by atoms with E-state index in [1.165, 1.54) is 12.1 Å². The Kier molecular flexibility index (Phi) is 12.0. The van der Waals surface area contributed by atoms with Gasteiger partial charge in [-0.25, -0.2) is 0 Å². The molecule has 1 rings (SSSR count). The lowest BCUT2D eigenvalue weighted by Gasteiger charge is -2.19. The van der Waals surface area contributed by atoms with Gasteiger partial charge in [0.15, 0.2) is 11.5 Å². The molecule has 0 amide bonds. The number of rotatable bonds is 14. The van der Waals surface area contributed by atoms with Gasteiger partial charge in [-0.3, -0.25) is 19.2 Å². The van der Waals surface area contributed by atoms with Crippen molar-refractivity contribution in [2.45, 2.75) is 78.4 Å². The maximum Gasteiger partial charge on any atom is 0.321 e. The summed E-state index contributed by atoms with van der Waals surface area (Å²) in [6, 6.07) is 3.64. The molecule has 1 aromatic rings. The van der Waals surface area contributed by atoms with E-state index >= 15 is 0 Å². The zero-order valence-electron chi connectivity index (χ0n) is 19.1. The first-order chi connectivity index (χ1) is 15.2. The summed E-state index contributed by atoms with van der Waals surface area (Å²) in [7, 11) is 0. The highest BCUT2D eigenvalue weighted by Crippen LogP contribution is 2.30. The highest BCUT2D eigenvalue weighted by molar-refractivity contribution is 5.77. The predicted octanol–water partition coefficient (Wildman–Crippen LogP) is 3.02. The lowest BCUT2D eigenvalue weighted by atomic mass is 10.0. The number of nitrogens with one attached hydrogen (secondary N) is 1. The number of carboxylic acids is 1.